The van der Waals surface area contributed by atoms with E-state index in [1.165, 1.54) is 12.3 Å². The lowest BCUT2D eigenvalue weighted by Gasteiger charge is -2.06. The second-order valence-electron chi connectivity index (χ2n) is 4.42. The molecule has 0 unspecified atom stereocenters. The number of carbonyl (C=O) groups is 1. The molecule has 1 aromatic carbocycles. The van der Waals surface area contributed by atoms with Crippen LogP contribution in [0.4, 0.5) is 5.69 Å². The largest absolute Gasteiger partial charge is 0.493 e. The molecule has 20 heavy (non-hydrogen) atoms. The smallest absolute Gasteiger partial charge is 0.274 e. The summed E-state index contributed by atoms with van der Waals surface area (Å²) >= 11 is 0. The highest BCUT2D eigenvalue weighted by Crippen LogP contribution is 2.27. The van der Waals surface area contributed by atoms with Gasteiger partial charge in [0.25, 0.3) is 5.91 Å². The topological polar surface area (TPSA) is 75.0 Å². The molecule has 0 spiro atoms. The van der Waals surface area contributed by atoms with Gasteiger partial charge in [-0.1, -0.05) is 0 Å². The third-order valence-corrected chi connectivity index (χ3v) is 3.07. The van der Waals surface area contributed by atoms with E-state index in [9.17, 15) is 4.79 Å². The Balaban J connectivity index is 1.80. The minimum Gasteiger partial charge on any atom is -0.493 e. The second-order valence-corrected chi connectivity index (χ2v) is 4.42. The molecule has 1 aliphatic heterocycles. The van der Waals surface area contributed by atoms with E-state index in [2.05, 4.69) is 10.3 Å². The van der Waals surface area contributed by atoms with Crippen LogP contribution in [0.2, 0.25) is 0 Å². The molecule has 5 nitrogen and oxygen atoms in total. The molecule has 0 radical (unpaired) electrons. The van der Waals surface area contributed by atoms with Crippen molar-refractivity contribution in [2.75, 3.05) is 11.9 Å². The summed E-state index contributed by atoms with van der Waals surface area (Å²) < 4.78 is 5.41. The van der Waals surface area contributed by atoms with Crippen LogP contribution in [0, 0.1) is 11.3 Å². The van der Waals surface area contributed by atoms with Crippen molar-refractivity contribution in [2.24, 2.45) is 0 Å². The van der Waals surface area contributed by atoms with Crippen molar-refractivity contribution in [3.05, 3.63) is 53.3 Å². The van der Waals surface area contributed by atoms with E-state index < -0.39 is 0 Å². The Bertz CT molecular complexity index is 719. The number of hydrogen-bond donors (Lipinski definition) is 1. The van der Waals surface area contributed by atoms with Crippen LogP contribution in [0.1, 0.15) is 21.6 Å². The Morgan fingerprint density at radius 3 is 3.10 bits per heavy atom. The lowest BCUT2D eigenvalue weighted by atomic mass is 10.1. The summed E-state index contributed by atoms with van der Waals surface area (Å²) in [5.41, 5.74) is 2.42. The molecule has 0 aliphatic carbocycles. The average Bonchev–Trinajstić information content (AvgIpc) is 2.95. The van der Waals surface area contributed by atoms with Gasteiger partial charge in [-0.15, -0.1) is 0 Å². The summed E-state index contributed by atoms with van der Waals surface area (Å²) in [5, 5.41) is 11.6. The summed E-state index contributed by atoms with van der Waals surface area (Å²) in [7, 11) is 0. The van der Waals surface area contributed by atoms with Gasteiger partial charge in [-0.05, 0) is 35.9 Å². The molecular formula is C15H11N3O2. The number of fused-ring (bicyclic) bond motifs is 1. The van der Waals surface area contributed by atoms with Crippen molar-refractivity contribution in [2.45, 2.75) is 6.42 Å². The van der Waals surface area contributed by atoms with Gasteiger partial charge < -0.3 is 10.1 Å². The summed E-state index contributed by atoms with van der Waals surface area (Å²) in [5.74, 6) is 0.536. The molecule has 0 saturated carbocycles. The number of amides is 1. The normalized spacial score (nSPS) is 12.2. The lowest BCUT2D eigenvalue weighted by molar-refractivity contribution is 0.102. The zero-order chi connectivity index (χ0) is 13.9. The number of rotatable bonds is 2. The minimum absolute atomic E-state index is 0.223. The van der Waals surface area contributed by atoms with Gasteiger partial charge in [0.05, 0.1) is 18.2 Å². The number of pyridine rings is 1. The summed E-state index contributed by atoms with van der Waals surface area (Å²) in [6.07, 6.45) is 2.30. The first-order valence-electron chi connectivity index (χ1n) is 6.19. The molecule has 98 valence electrons. The van der Waals surface area contributed by atoms with E-state index in [1.807, 2.05) is 18.2 Å². The van der Waals surface area contributed by atoms with Crippen LogP contribution in [-0.2, 0) is 6.42 Å². The number of nitrogens with zero attached hydrogens (tertiary/aromatic N) is 2. The van der Waals surface area contributed by atoms with Crippen LogP contribution in [0.15, 0.2) is 36.5 Å². The Hall–Kier alpha value is -2.87. The van der Waals surface area contributed by atoms with Crippen molar-refractivity contribution >= 4 is 11.6 Å². The highest BCUT2D eigenvalue weighted by molar-refractivity contribution is 6.03. The van der Waals surface area contributed by atoms with Gasteiger partial charge in [0.2, 0.25) is 0 Å². The number of hydrogen-bond acceptors (Lipinski definition) is 4. The number of anilines is 1. The molecule has 3 rings (SSSR count). The van der Waals surface area contributed by atoms with E-state index in [0.29, 0.717) is 17.9 Å². The third-order valence-electron chi connectivity index (χ3n) is 3.07. The molecule has 1 aliphatic rings. The number of nitriles is 1. The molecule has 5 heteroatoms. The summed E-state index contributed by atoms with van der Waals surface area (Å²) in [6.45, 7) is 0.679. The molecule has 2 aromatic rings. The molecule has 1 amide bonds. The maximum atomic E-state index is 12.1. The molecule has 1 aromatic heterocycles. The summed E-state index contributed by atoms with van der Waals surface area (Å²) in [6, 6.07) is 10.5. The Morgan fingerprint density at radius 1 is 1.35 bits per heavy atom. The quantitative estimate of drug-likeness (QED) is 0.902. The van der Waals surface area contributed by atoms with Gasteiger partial charge in [-0.25, -0.2) is 0 Å². The number of ether oxygens (including phenoxy) is 1. The number of aromatic nitrogens is 1. The van der Waals surface area contributed by atoms with Crippen molar-refractivity contribution in [3.63, 3.8) is 0 Å². The second kappa shape index (κ2) is 5.02. The first-order chi connectivity index (χ1) is 9.76. The molecule has 2 heterocycles. The number of benzene rings is 1. The molecule has 0 saturated heterocycles. The van der Waals surface area contributed by atoms with Crippen LogP contribution in [0.3, 0.4) is 0 Å². The molecular weight excluding hydrogens is 254 g/mol. The highest BCUT2D eigenvalue weighted by Gasteiger charge is 2.14. The van der Waals surface area contributed by atoms with Crippen LogP contribution in [-0.4, -0.2) is 17.5 Å². The zero-order valence-electron chi connectivity index (χ0n) is 10.6. The van der Waals surface area contributed by atoms with Gasteiger partial charge in [0.1, 0.15) is 11.4 Å². The fourth-order valence-corrected chi connectivity index (χ4v) is 2.08. The standard InChI is InChI=1S/C15H11N3O2/c16-9-10-3-5-17-13(7-10)15(19)18-12-1-2-14-11(8-12)4-6-20-14/h1-3,5,7-8H,4,6H2,(H,18,19). The first-order valence-corrected chi connectivity index (χ1v) is 6.19. The van der Waals surface area contributed by atoms with Gasteiger partial charge in [0.15, 0.2) is 0 Å². The van der Waals surface area contributed by atoms with Gasteiger partial charge in [-0.3, -0.25) is 9.78 Å². The van der Waals surface area contributed by atoms with E-state index in [0.717, 1.165) is 17.7 Å². The monoisotopic (exact) mass is 265 g/mol. The number of carbonyl (C=O) groups excluding carboxylic acids is 1. The van der Waals surface area contributed by atoms with E-state index in [4.69, 9.17) is 10.00 Å². The van der Waals surface area contributed by atoms with Crippen molar-refractivity contribution in [3.8, 4) is 11.8 Å². The fourth-order valence-electron chi connectivity index (χ4n) is 2.08. The molecule has 0 fully saturated rings. The minimum atomic E-state index is -0.332. The average molecular weight is 265 g/mol. The van der Waals surface area contributed by atoms with E-state index >= 15 is 0 Å². The van der Waals surface area contributed by atoms with E-state index in [1.54, 1.807) is 12.1 Å². The van der Waals surface area contributed by atoms with Crippen LogP contribution in [0.25, 0.3) is 0 Å². The van der Waals surface area contributed by atoms with Gasteiger partial charge in [0, 0.05) is 18.3 Å². The van der Waals surface area contributed by atoms with Crippen molar-refractivity contribution in [1.29, 1.82) is 5.26 Å². The van der Waals surface area contributed by atoms with E-state index in [-0.39, 0.29) is 11.6 Å². The lowest BCUT2D eigenvalue weighted by Crippen LogP contribution is -2.13. The summed E-state index contributed by atoms with van der Waals surface area (Å²) in [4.78, 5) is 16.0. The Labute approximate surface area is 115 Å². The predicted molar refractivity (Wildman–Crippen MR) is 72.5 cm³/mol. The van der Waals surface area contributed by atoms with Crippen LogP contribution < -0.4 is 10.1 Å². The van der Waals surface area contributed by atoms with Crippen LogP contribution >= 0.6 is 0 Å². The third kappa shape index (κ3) is 2.31. The van der Waals surface area contributed by atoms with Gasteiger partial charge in [-0.2, -0.15) is 5.26 Å². The highest BCUT2D eigenvalue weighted by atomic mass is 16.5. The molecule has 0 atom stereocenters. The maximum absolute atomic E-state index is 12.1. The Morgan fingerprint density at radius 2 is 2.25 bits per heavy atom. The van der Waals surface area contributed by atoms with Crippen molar-refractivity contribution in [1.82, 2.24) is 4.98 Å². The number of nitrogens with one attached hydrogen (secondary N) is 1. The SMILES string of the molecule is N#Cc1ccnc(C(=O)Nc2ccc3c(c2)CCO3)c1. The van der Waals surface area contributed by atoms with Crippen LogP contribution in [0.5, 0.6) is 5.75 Å². The Kier molecular flexibility index (Phi) is 3.05. The van der Waals surface area contributed by atoms with Gasteiger partial charge >= 0.3 is 0 Å². The fraction of sp³-hybridized carbons (Fsp3) is 0.133. The first kappa shape index (κ1) is 12.2. The predicted octanol–water partition coefficient (Wildman–Crippen LogP) is 2.14. The molecule has 1 N–H and O–H groups in total. The zero-order valence-corrected chi connectivity index (χ0v) is 10.6. The maximum Gasteiger partial charge on any atom is 0.274 e. The van der Waals surface area contributed by atoms with Crippen molar-refractivity contribution < 1.29 is 9.53 Å². The molecule has 0 bridgehead atoms.